The summed E-state index contributed by atoms with van der Waals surface area (Å²) in [5, 5.41) is 20.8. The minimum Gasteiger partial charge on any atom is -0.507 e. The van der Waals surface area contributed by atoms with Crippen LogP contribution in [0.25, 0.3) is 0 Å². The quantitative estimate of drug-likeness (QED) is 0.379. The Labute approximate surface area is 208 Å². The molecule has 0 aliphatic heterocycles. The lowest BCUT2D eigenvalue weighted by atomic mass is 9.74. The molecular weight excluding hydrogens is 456 g/mol. The van der Waals surface area contributed by atoms with Crippen molar-refractivity contribution in [1.82, 2.24) is 0 Å². The number of ether oxygens (including phenoxy) is 2. The third kappa shape index (κ3) is 4.29. The smallest absolute Gasteiger partial charge is 0.201 e. The van der Waals surface area contributed by atoms with Crippen molar-refractivity contribution in [3.05, 3.63) is 118 Å². The molecule has 0 radical (unpaired) electrons. The Morgan fingerprint density at radius 3 is 2.00 bits per heavy atom. The number of aromatic hydroxyl groups is 2. The molecule has 2 N–H and O–H groups in total. The minimum absolute atomic E-state index is 0.0612. The molecule has 0 heterocycles. The lowest BCUT2D eigenvalue weighted by Crippen LogP contribution is -2.26. The number of ketones is 2. The van der Waals surface area contributed by atoms with Gasteiger partial charge < -0.3 is 19.7 Å². The Morgan fingerprint density at radius 1 is 0.778 bits per heavy atom. The second kappa shape index (κ2) is 9.58. The van der Waals surface area contributed by atoms with Crippen molar-refractivity contribution in [2.24, 2.45) is 0 Å². The Balaban J connectivity index is 1.36. The topological polar surface area (TPSA) is 93.1 Å². The molecule has 1 aliphatic carbocycles. The predicted octanol–water partition coefficient (Wildman–Crippen LogP) is 5.17. The molecule has 0 atom stereocenters. The molecule has 0 spiro atoms. The molecule has 36 heavy (non-hydrogen) atoms. The summed E-state index contributed by atoms with van der Waals surface area (Å²) < 4.78 is 11.1. The third-order valence-corrected chi connectivity index (χ3v) is 6.39. The highest BCUT2D eigenvalue weighted by Crippen LogP contribution is 2.43. The molecule has 0 unspecified atom stereocenters. The van der Waals surface area contributed by atoms with E-state index >= 15 is 0 Å². The average molecular weight is 481 g/mol. The molecule has 0 saturated heterocycles. The number of benzene rings is 4. The van der Waals surface area contributed by atoms with Gasteiger partial charge in [0, 0.05) is 6.42 Å². The van der Waals surface area contributed by atoms with Gasteiger partial charge in [0.15, 0.2) is 0 Å². The van der Waals surface area contributed by atoms with Crippen LogP contribution in [0.1, 0.15) is 44.1 Å². The first kappa shape index (κ1) is 23.2. The monoisotopic (exact) mass is 480 g/mol. The van der Waals surface area contributed by atoms with Crippen molar-refractivity contribution in [3.63, 3.8) is 0 Å². The summed E-state index contributed by atoms with van der Waals surface area (Å²) in [5.74, 6) is -0.398. The molecule has 4 aromatic carbocycles. The summed E-state index contributed by atoms with van der Waals surface area (Å²) in [4.78, 5) is 26.6. The number of phenols is 2. The number of hydrogen-bond acceptors (Lipinski definition) is 6. The first-order valence-electron chi connectivity index (χ1n) is 11.5. The molecule has 0 bridgehead atoms. The SMILES string of the molecule is COc1cccc(COc2ccc(CC(=O)C3c4cccc(O)c4C(=O)c4c(O)cccc43)cc2)c1. The van der Waals surface area contributed by atoms with Crippen molar-refractivity contribution in [2.45, 2.75) is 18.9 Å². The van der Waals surface area contributed by atoms with E-state index in [1.807, 2.05) is 48.5 Å². The molecule has 4 aromatic rings. The zero-order chi connectivity index (χ0) is 25.2. The predicted molar refractivity (Wildman–Crippen MR) is 134 cm³/mol. The summed E-state index contributed by atoms with van der Waals surface area (Å²) in [5.41, 5.74) is 2.78. The summed E-state index contributed by atoms with van der Waals surface area (Å²) in [7, 11) is 1.62. The number of carbonyl (C=O) groups is 2. The largest absolute Gasteiger partial charge is 0.507 e. The number of carbonyl (C=O) groups excluding carboxylic acids is 2. The number of rotatable bonds is 7. The average Bonchev–Trinajstić information content (AvgIpc) is 2.88. The van der Waals surface area contributed by atoms with E-state index in [9.17, 15) is 19.8 Å². The maximum Gasteiger partial charge on any atom is 0.201 e. The van der Waals surface area contributed by atoms with Gasteiger partial charge in [-0.3, -0.25) is 9.59 Å². The van der Waals surface area contributed by atoms with Crippen LogP contribution in [-0.4, -0.2) is 28.9 Å². The van der Waals surface area contributed by atoms with Crippen LogP contribution in [0.4, 0.5) is 0 Å². The first-order valence-corrected chi connectivity index (χ1v) is 11.5. The van der Waals surface area contributed by atoms with Gasteiger partial charge in [0.05, 0.1) is 24.2 Å². The van der Waals surface area contributed by atoms with E-state index in [1.54, 1.807) is 31.4 Å². The van der Waals surface area contributed by atoms with Crippen molar-refractivity contribution >= 4 is 11.6 Å². The maximum absolute atomic E-state index is 13.6. The van der Waals surface area contributed by atoms with Crippen molar-refractivity contribution < 1.29 is 29.3 Å². The molecule has 1 aliphatic rings. The molecule has 0 fully saturated rings. The van der Waals surface area contributed by atoms with Gasteiger partial charge in [-0.2, -0.15) is 0 Å². The van der Waals surface area contributed by atoms with E-state index in [4.69, 9.17) is 9.47 Å². The standard InChI is InChI=1S/C30H24O6/c1-35-21-6-2-5-19(15-21)17-36-20-13-11-18(12-14-20)16-26(33)27-22-7-3-9-24(31)28(22)30(34)29-23(27)8-4-10-25(29)32/h2-15,27,31-32H,16-17H2,1H3. The first-order chi connectivity index (χ1) is 17.5. The summed E-state index contributed by atoms with van der Waals surface area (Å²) in [6.07, 6.45) is 0.110. The Morgan fingerprint density at radius 2 is 1.39 bits per heavy atom. The van der Waals surface area contributed by atoms with Crippen LogP contribution in [0.2, 0.25) is 0 Å². The van der Waals surface area contributed by atoms with Gasteiger partial charge in [-0.25, -0.2) is 0 Å². The molecule has 5 rings (SSSR count). The molecule has 180 valence electrons. The van der Waals surface area contributed by atoms with Gasteiger partial charge in [-0.15, -0.1) is 0 Å². The number of hydrogen-bond donors (Lipinski definition) is 2. The minimum atomic E-state index is -0.782. The lowest BCUT2D eigenvalue weighted by Gasteiger charge is -2.27. The van der Waals surface area contributed by atoms with E-state index in [-0.39, 0.29) is 34.8 Å². The highest BCUT2D eigenvalue weighted by atomic mass is 16.5. The molecular formula is C30H24O6. The fourth-order valence-corrected chi connectivity index (χ4v) is 4.67. The van der Waals surface area contributed by atoms with Crippen LogP contribution in [0.3, 0.4) is 0 Å². The zero-order valence-electron chi connectivity index (χ0n) is 19.6. The lowest BCUT2D eigenvalue weighted by molar-refractivity contribution is -0.119. The number of Topliss-reactive ketones (excluding diaryl/α,β-unsaturated/α-hetero) is 1. The van der Waals surface area contributed by atoms with Crippen molar-refractivity contribution in [2.75, 3.05) is 7.11 Å². The van der Waals surface area contributed by atoms with E-state index in [1.165, 1.54) is 12.1 Å². The molecule has 6 heteroatoms. The van der Waals surface area contributed by atoms with Gasteiger partial charge in [0.25, 0.3) is 0 Å². The second-order valence-corrected chi connectivity index (χ2v) is 8.67. The van der Waals surface area contributed by atoms with Gasteiger partial charge in [0.2, 0.25) is 5.78 Å². The highest BCUT2D eigenvalue weighted by molar-refractivity contribution is 6.18. The summed E-state index contributed by atoms with van der Waals surface area (Å²) in [6.45, 7) is 0.381. The van der Waals surface area contributed by atoms with Crippen LogP contribution >= 0.6 is 0 Å². The van der Waals surface area contributed by atoms with Gasteiger partial charge in [-0.1, -0.05) is 48.5 Å². The van der Waals surface area contributed by atoms with Crippen molar-refractivity contribution in [3.8, 4) is 23.0 Å². The zero-order valence-corrected chi connectivity index (χ0v) is 19.6. The molecule has 0 amide bonds. The van der Waals surface area contributed by atoms with Crippen molar-refractivity contribution in [1.29, 1.82) is 0 Å². The second-order valence-electron chi connectivity index (χ2n) is 8.67. The molecule has 6 nitrogen and oxygen atoms in total. The maximum atomic E-state index is 13.6. The summed E-state index contributed by atoms with van der Waals surface area (Å²) >= 11 is 0. The molecule has 0 aromatic heterocycles. The Hall–Kier alpha value is -4.58. The highest BCUT2D eigenvalue weighted by Gasteiger charge is 2.38. The van der Waals surface area contributed by atoms with Gasteiger partial charge in [-0.05, 0) is 58.7 Å². The van der Waals surface area contributed by atoms with Gasteiger partial charge >= 0.3 is 0 Å². The third-order valence-electron chi connectivity index (χ3n) is 6.39. The van der Waals surface area contributed by atoms with E-state index < -0.39 is 11.7 Å². The van der Waals surface area contributed by atoms with Crippen LogP contribution in [0.5, 0.6) is 23.0 Å². The Kier molecular flexibility index (Phi) is 6.17. The van der Waals surface area contributed by atoms with Gasteiger partial charge in [0.1, 0.15) is 35.4 Å². The number of methoxy groups -OCH3 is 1. The van der Waals surface area contributed by atoms with Crippen LogP contribution in [0.15, 0.2) is 84.9 Å². The molecule has 0 saturated carbocycles. The number of fused-ring (bicyclic) bond motifs is 2. The van der Waals surface area contributed by atoms with Crippen LogP contribution in [-0.2, 0) is 17.8 Å². The van der Waals surface area contributed by atoms with E-state index in [2.05, 4.69) is 0 Å². The Bertz CT molecular complexity index is 1400. The fraction of sp³-hybridized carbons (Fsp3) is 0.133. The fourth-order valence-electron chi connectivity index (χ4n) is 4.67. The van der Waals surface area contributed by atoms with Crippen LogP contribution < -0.4 is 9.47 Å². The normalized spacial score (nSPS) is 12.5. The van der Waals surface area contributed by atoms with E-state index in [0.717, 1.165) is 16.9 Å². The number of phenolic OH excluding ortho intramolecular Hbond substituents is 2. The van der Waals surface area contributed by atoms with E-state index in [0.29, 0.717) is 23.5 Å². The van der Waals surface area contributed by atoms with Crippen LogP contribution in [0, 0.1) is 0 Å². The summed E-state index contributed by atoms with van der Waals surface area (Å²) in [6, 6.07) is 24.3.